The molecule has 2 aromatic carbocycles. The van der Waals surface area contributed by atoms with Crippen LogP contribution < -0.4 is 0 Å². The Morgan fingerprint density at radius 2 is 1.45 bits per heavy atom. The van der Waals surface area contributed by atoms with Gasteiger partial charge in [-0.3, -0.25) is 4.98 Å². The molecular formula is C36H34BrN3O2. The van der Waals surface area contributed by atoms with Crippen LogP contribution in [0.5, 0.6) is 0 Å². The molecule has 6 rings (SSSR count). The number of carbonyl (C=O) groups is 1. The van der Waals surface area contributed by atoms with Gasteiger partial charge in [0.25, 0.3) is 0 Å². The Morgan fingerprint density at radius 1 is 0.810 bits per heavy atom. The number of fused-ring (bicyclic) bond motifs is 3. The average molecular weight is 621 g/mol. The van der Waals surface area contributed by atoms with Crippen molar-refractivity contribution < 1.29 is 9.53 Å². The maximum Gasteiger partial charge on any atom is 0.419 e. The summed E-state index contributed by atoms with van der Waals surface area (Å²) >= 11 is 3.51. The Hall–Kier alpha value is -4.03. The van der Waals surface area contributed by atoms with E-state index in [-0.39, 0.29) is 5.41 Å². The summed E-state index contributed by atoms with van der Waals surface area (Å²) in [5, 5.41) is 0. The topological polar surface area (TPSA) is 57.0 Å². The molecule has 5 aromatic rings. The minimum atomic E-state index is -0.893. The van der Waals surface area contributed by atoms with Crippen LogP contribution in [-0.4, -0.2) is 26.2 Å². The molecule has 0 amide bonds. The SMILES string of the molecule is CC(C)(C)OC(=O)n1c(-c2cccc(Br)n2)ccc1C1(c2cc(C(C)(C)C)ccn2)c2ccccc2-c2ccccc21. The maximum absolute atomic E-state index is 14.3. The molecule has 0 N–H and O–H groups in total. The van der Waals surface area contributed by atoms with E-state index in [0.717, 1.165) is 39.2 Å². The number of halogens is 1. The van der Waals surface area contributed by atoms with Crippen molar-refractivity contribution in [3.8, 4) is 22.5 Å². The highest BCUT2D eigenvalue weighted by Gasteiger charge is 2.50. The first kappa shape index (κ1) is 28.1. The fourth-order valence-corrected chi connectivity index (χ4v) is 6.35. The Kier molecular flexibility index (Phi) is 6.73. The lowest BCUT2D eigenvalue weighted by molar-refractivity contribution is 0.0533. The van der Waals surface area contributed by atoms with Crippen LogP contribution in [0, 0.1) is 0 Å². The molecule has 0 aliphatic heterocycles. The van der Waals surface area contributed by atoms with Gasteiger partial charge in [-0.2, -0.15) is 0 Å². The lowest BCUT2D eigenvalue weighted by Gasteiger charge is -2.34. The summed E-state index contributed by atoms with van der Waals surface area (Å²) in [5.41, 5.74) is 6.76. The third-order valence-corrected chi connectivity index (χ3v) is 8.22. The Labute approximate surface area is 255 Å². The van der Waals surface area contributed by atoms with Crippen molar-refractivity contribution in [2.24, 2.45) is 0 Å². The summed E-state index contributed by atoms with van der Waals surface area (Å²) in [5.74, 6) is 0. The predicted molar refractivity (Wildman–Crippen MR) is 171 cm³/mol. The number of nitrogens with zero attached hydrogens (tertiary/aromatic N) is 3. The smallest absolute Gasteiger partial charge is 0.419 e. The van der Waals surface area contributed by atoms with E-state index in [9.17, 15) is 4.79 Å². The first-order chi connectivity index (χ1) is 19.9. The van der Waals surface area contributed by atoms with E-state index in [1.165, 1.54) is 0 Å². The number of aromatic nitrogens is 3. The van der Waals surface area contributed by atoms with Gasteiger partial charge >= 0.3 is 6.09 Å². The predicted octanol–water partition coefficient (Wildman–Crippen LogP) is 9.15. The summed E-state index contributed by atoms with van der Waals surface area (Å²) in [4.78, 5) is 24.1. The second kappa shape index (κ2) is 10.1. The van der Waals surface area contributed by atoms with Gasteiger partial charge in [0.05, 0.1) is 22.8 Å². The number of carbonyl (C=O) groups excluding carboxylic acids is 1. The first-order valence-corrected chi connectivity index (χ1v) is 15.0. The van der Waals surface area contributed by atoms with E-state index in [1.807, 2.05) is 57.3 Å². The number of hydrogen-bond donors (Lipinski definition) is 0. The molecule has 42 heavy (non-hydrogen) atoms. The van der Waals surface area contributed by atoms with Crippen molar-refractivity contribution in [1.29, 1.82) is 0 Å². The van der Waals surface area contributed by atoms with Crippen LogP contribution in [0.15, 0.2) is 102 Å². The van der Waals surface area contributed by atoms with Gasteiger partial charge in [-0.05, 0) is 106 Å². The third-order valence-electron chi connectivity index (χ3n) is 7.78. The lowest BCUT2D eigenvalue weighted by Crippen LogP contribution is -2.36. The second-order valence-corrected chi connectivity index (χ2v) is 13.6. The monoisotopic (exact) mass is 619 g/mol. The second-order valence-electron chi connectivity index (χ2n) is 12.8. The summed E-state index contributed by atoms with van der Waals surface area (Å²) in [6.45, 7) is 12.3. The Morgan fingerprint density at radius 3 is 2.05 bits per heavy atom. The molecule has 3 aromatic heterocycles. The number of pyridine rings is 2. The zero-order valence-electron chi connectivity index (χ0n) is 24.8. The lowest BCUT2D eigenvalue weighted by atomic mass is 9.71. The quantitative estimate of drug-likeness (QED) is 0.185. The molecule has 0 unspecified atom stereocenters. The molecule has 5 nitrogen and oxygen atoms in total. The fourth-order valence-electron chi connectivity index (χ4n) is 6.00. The summed E-state index contributed by atoms with van der Waals surface area (Å²) in [6, 6.07) is 30.8. The van der Waals surface area contributed by atoms with Gasteiger partial charge in [-0.1, -0.05) is 75.4 Å². The number of rotatable bonds is 3. The van der Waals surface area contributed by atoms with Crippen molar-refractivity contribution in [2.75, 3.05) is 0 Å². The van der Waals surface area contributed by atoms with Crippen molar-refractivity contribution in [2.45, 2.75) is 58.0 Å². The molecular weight excluding hydrogens is 586 g/mol. The third kappa shape index (κ3) is 4.58. The molecule has 6 heteroatoms. The van der Waals surface area contributed by atoms with E-state index in [1.54, 1.807) is 4.57 Å². The van der Waals surface area contributed by atoms with Gasteiger partial charge in [0.15, 0.2) is 0 Å². The molecule has 0 saturated heterocycles. The highest BCUT2D eigenvalue weighted by molar-refractivity contribution is 9.10. The van der Waals surface area contributed by atoms with E-state index in [4.69, 9.17) is 14.7 Å². The van der Waals surface area contributed by atoms with Crippen LogP contribution >= 0.6 is 15.9 Å². The maximum atomic E-state index is 14.3. The Balaban J connectivity index is 1.76. The van der Waals surface area contributed by atoms with Crippen molar-refractivity contribution >= 4 is 22.0 Å². The van der Waals surface area contributed by atoms with E-state index in [2.05, 4.69) is 97.4 Å². The van der Waals surface area contributed by atoms with E-state index >= 15 is 0 Å². The number of ether oxygens (including phenoxy) is 1. The standard InChI is InChI=1S/C36H34BrN3O2/c1-34(2,3)23-20-21-38-30(22-23)36(26-14-9-7-12-24(26)25-13-8-10-15-27(25)36)31-19-18-29(28-16-11-17-32(37)39-28)40(31)33(41)42-35(4,5)6/h7-22H,1-6H3. The molecule has 0 radical (unpaired) electrons. The van der Waals surface area contributed by atoms with Crippen LogP contribution in [0.4, 0.5) is 4.79 Å². The van der Waals surface area contributed by atoms with Crippen LogP contribution in [0.1, 0.15) is 69.6 Å². The number of hydrogen-bond acceptors (Lipinski definition) is 4. The molecule has 0 fully saturated rings. The van der Waals surface area contributed by atoms with Gasteiger partial charge < -0.3 is 4.74 Å². The van der Waals surface area contributed by atoms with Crippen LogP contribution in [0.25, 0.3) is 22.5 Å². The van der Waals surface area contributed by atoms with Crippen molar-refractivity contribution in [3.63, 3.8) is 0 Å². The average Bonchev–Trinajstić information content (AvgIpc) is 3.50. The molecule has 1 aliphatic rings. The summed E-state index contributed by atoms with van der Waals surface area (Å²) in [7, 11) is 0. The molecule has 212 valence electrons. The normalized spacial score (nSPS) is 13.9. The minimum absolute atomic E-state index is 0.102. The van der Waals surface area contributed by atoms with Crippen LogP contribution in [0.2, 0.25) is 0 Å². The van der Waals surface area contributed by atoms with E-state index in [0.29, 0.717) is 16.0 Å². The molecule has 0 atom stereocenters. The fraction of sp³-hybridized carbons (Fsp3) is 0.250. The zero-order chi connectivity index (χ0) is 29.9. The van der Waals surface area contributed by atoms with Crippen LogP contribution in [0.3, 0.4) is 0 Å². The zero-order valence-corrected chi connectivity index (χ0v) is 26.4. The highest BCUT2D eigenvalue weighted by atomic mass is 79.9. The first-order valence-electron chi connectivity index (χ1n) is 14.2. The van der Waals surface area contributed by atoms with Gasteiger partial charge in [0.1, 0.15) is 15.6 Å². The highest BCUT2D eigenvalue weighted by Crippen LogP contribution is 2.56. The molecule has 0 bridgehead atoms. The van der Waals surface area contributed by atoms with Gasteiger partial charge in [-0.25, -0.2) is 14.3 Å². The molecule has 0 spiro atoms. The van der Waals surface area contributed by atoms with Crippen LogP contribution in [-0.2, 0) is 15.6 Å². The molecule has 1 aliphatic carbocycles. The number of benzene rings is 2. The minimum Gasteiger partial charge on any atom is -0.443 e. The summed E-state index contributed by atoms with van der Waals surface area (Å²) in [6.07, 6.45) is 1.42. The van der Waals surface area contributed by atoms with Gasteiger partial charge in [0, 0.05) is 6.20 Å². The molecule has 0 saturated carbocycles. The van der Waals surface area contributed by atoms with Gasteiger partial charge in [-0.15, -0.1) is 0 Å². The molecule has 3 heterocycles. The Bertz CT molecular complexity index is 1780. The van der Waals surface area contributed by atoms with E-state index < -0.39 is 17.1 Å². The van der Waals surface area contributed by atoms with Crippen molar-refractivity contribution in [3.05, 3.63) is 130 Å². The van der Waals surface area contributed by atoms with Gasteiger partial charge in [0.2, 0.25) is 0 Å². The summed E-state index contributed by atoms with van der Waals surface area (Å²) < 4.78 is 8.46. The largest absolute Gasteiger partial charge is 0.443 e. The van der Waals surface area contributed by atoms with Crippen molar-refractivity contribution in [1.82, 2.24) is 14.5 Å².